The monoisotopic (exact) mass is 334 g/mol. The quantitative estimate of drug-likeness (QED) is 0.769. The molecule has 0 spiro atoms. The van der Waals surface area contributed by atoms with Crippen molar-refractivity contribution in [1.82, 2.24) is 4.90 Å². The lowest BCUT2D eigenvalue weighted by Crippen LogP contribution is -2.50. The molecule has 0 radical (unpaired) electrons. The Bertz CT molecular complexity index is 321. The molecule has 2 unspecified atom stereocenters. The number of halogens is 1. The van der Waals surface area contributed by atoms with Crippen molar-refractivity contribution in [2.75, 3.05) is 40.5 Å². The lowest BCUT2D eigenvalue weighted by atomic mass is 9.65. The molecule has 2 rings (SSSR count). The van der Waals surface area contributed by atoms with E-state index in [0.29, 0.717) is 44.2 Å². The molecule has 0 aromatic carbocycles. The number of rotatable bonds is 7. The average molecular weight is 335 g/mol. The van der Waals surface area contributed by atoms with Gasteiger partial charge in [-0.15, -0.1) is 12.4 Å². The van der Waals surface area contributed by atoms with Gasteiger partial charge in [0.25, 0.3) is 0 Å². The van der Waals surface area contributed by atoms with Crippen LogP contribution in [0.2, 0.25) is 0 Å². The van der Waals surface area contributed by atoms with Crippen LogP contribution in [-0.4, -0.2) is 57.4 Å². The predicted molar refractivity (Wildman–Crippen MR) is 89.1 cm³/mol. The summed E-state index contributed by atoms with van der Waals surface area (Å²) in [6.45, 7) is 2.45. The molecule has 0 aromatic heterocycles. The highest BCUT2D eigenvalue weighted by atomic mass is 35.5. The van der Waals surface area contributed by atoms with Crippen LogP contribution in [0.1, 0.15) is 32.1 Å². The maximum Gasteiger partial charge on any atom is 0.225 e. The Hall–Kier alpha value is -0.360. The Morgan fingerprint density at radius 1 is 1.09 bits per heavy atom. The maximum absolute atomic E-state index is 12.8. The molecule has 2 aliphatic carbocycles. The van der Waals surface area contributed by atoms with Gasteiger partial charge in [-0.25, -0.2) is 0 Å². The molecule has 2 fully saturated rings. The van der Waals surface area contributed by atoms with Crippen LogP contribution in [-0.2, 0) is 14.3 Å². The summed E-state index contributed by atoms with van der Waals surface area (Å²) in [5.41, 5.74) is 6.32. The van der Waals surface area contributed by atoms with Crippen molar-refractivity contribution in [3.63, 3.8) is 0 Å². The molecule has 2 aliphatic rings. The van der Waals surface area contributed by atoms with Gasteiger partial charge in [-0.2, -0.15) is 0 Å². The summed E-state index contributed by atoms with van der Waals surface area (Å²) in [5, 5.41) is 0. The first kappa shape index (κ1) is 19.7. The normalized spacial score (nSPS) is 30.5. The fourth-order valence-corrected chi connectivity index (χ4v) is 3.98. The van der Waals surface area contributed by atoms with Crippen LogP contribution in [0.15, 0.2) is 0 Å². The third kappa shape index (κ3) is 4.82. The van der Waals surface area contributed by atoms with Crippen LogP contribution in [0.4, 0.5) is 0 Å². The fourth-order valence-electron chi connectivity index (χ4n) is 3.98. The molecule has 5 nitrogen and oxygen atoms in total. The van der Waals surface area contributed by atoms with E-state index in [-0.39, 0.29) is 24.2 Å². The number of carbonyl (C=O) groups excluding carboxylic acids is 1. The largest absolute Gasteiger partial charge is 0.383 e. The zero-order valence-electron chi connectivity index (χ0n) is 13.8. The lowest BCUT2D eigenvalue weighted by Gasteiger charge is -2.44. The van der Waals surface area contributed by atoms with Crippen LogP contribution < -0.4 is 5.73 Å². The molecule has 130 valence electrons. The number of amides is 1. The second-order valence-corrected chi connectivity index (χ2v) is 6.51. The minimum atomic E-state index is 0. The Kier molecular flexibility index (Phi) is 8.69. The van der Waals surface area contributed by atoms with Crippen molar-refractivity contribution in [3.05, 3.63) is 0 Å². The van der Waals surface area contributed by atoms with Crippen LogP contribution in [0.5, 0.6) is 0 Å². The van der Waals surface area contributed by atoms with Gasteiger partial charge in [0.2, 0.25) is 5.91 Å². The molecule has 2 atom stereocenters. The van der Waals surface area contributed by atoms with Gasteiger partial charge in [-0.3, -0.25) is 4.79 Å². The molecule has 2 saturated carbocycles. The Labute approximate surface area is 140 Å². The zero-order chi connectivity index (χ0) is 15.2. The van der Waals surface area contributed by atoms with Gasteiger partial charge in [-0.05, 0) is 37.5 Å². The van der Waals surface area contributed by atoms with E-state index in [9.17, 15) is 4.79 Å². The van der Waals surface area contributed by atoms with Crippen molar-refractivity contribution in [1.29, 1.82) is 0 Å². The minimum Gasteiger partial charge on any atom is -0.383 e. The zero-order valence-corrected chi connectivity index (χ0v) is 14.6. The minimum absolute atomic E-state index is 0. The number of hydrogen-bond donors (Lipinski definition) is 1. The maximum atomic E-state index is 12.8. The van der Waals surface area contributed by atoms with E-state index in [4.69, 9.17) is 15.2 Å². The lowest BCUT2D eigenvalue weighted by molar-refractivity contribution is -0.140. The second-order valence-electron chi connectivity index (χ2n) is 6.51. The molecular weight excluding hydrogens is 304 g/mol. The van der Waals surface area contributed by atoms with Gasteiger partial charge < -0.3 is 20.1 Å². The van der Waals surface area contributed by atoms with Crippen LogP contribution in [0.3, 0.4) is 0 Å². The molecule has 2 N–H and O–H groups in total. The Morgan fingerprint density at radius 3 is 2.05 bits per heavy atom. The van der Waals surface area contributed by atoms with E-state index in [1.54, 1.807) is 14.2 Å². The van der Waals surface area contributed by atoms with Crippen LogP contribution >= 0.6 is 12.4 Å². The van der Waals surface area contributed by atoms with Gasteiger partial charge >= 0.3 is 0 Å². The summed E-state index contributed by atoms with van der Waals surface area (Å²) in [5.74, 6) is 1.50. The highest BCUT2D eigenvalue weighted by Crippen LogP contribution is 2.42. The number of ether oxygens (including phenoxy) is 2. The molecule has 0 aromatic rings. The summed E-state index contributed by atoms with van der Waals surface area (Å²) in [4.78, 5) is 14.7. The van der Waals surface area contributed by atoms with Crippen molar-refractivity contribution in [2.45, 2.75) is 38.1 Å². The standard InChI is InChI=1S/C16H30N2O3.ClH/c1-20-8-6-18(7-9-21-2)16(19)14-10-12-4-3-5-13(11-14)15(12)17;/h12-15H,3-11,17H2,1-2H3;1H. The van der Waals surface area contributed by atoms with Gasteiger partial charge in [0.05, 0.1) is 13.2 Å². The first-order chi connectivity index (χ1) is 10.2. The topological polar surface area (TPSA) is 64.8 Å². The van der Waals surface area contributed by atoms with Crippen molar-refractivity contribution >= 4 is 18.3 Å². The average Bonchev–Trinajstić information content (AvgIpc) is 2.46. The van der Waals surface area contributed by atoms with Gasteiger partial charge in [-0.1, -0.05) is 6.42 Å². The van der Waals surface area contributed by atoms with Crippen molar-refractivity contribution in [3.8, 4) is 0 Å². The smallest absolute Gasteiger partial charge is 0.225 e. The number of fused-ring (bicyclic) bond motifs is 2. The molecule has 6 heteroatoms. The molecule has 0 aliphatic heterocycles. The van der Waals surface area contributed by atoms with Gasteiger partial charge in [0, 0.05) is 39.3 Å². The number of hydrogen-bond acceptors (Lipinski definition) is 4. The summed E-state index contributed by atoms with van der Waals surface area (Å²) in [6, 6.07) is 0.314. The van der Waals surface area contributed by atoms with E-state index in [0.717, 1.165) is 12.8 Å². The highest BCUT2D eigenvalue weighted by molar-refractivity contribution is 5.85. The summed E-state index contributed by atoms with van der Waals surface area (Å²) in [7, 11) is 3.34. The summed E-state index contributed by atoms with van der Waals surface area (Å²) >= 11 is 0. The van der Waals surface area contributed by atoms with Crippen molar-refractivity contribution in [2.24, 2.45) is 23.5 Å². The van der Waals surface area contributed by atoms with Gasteiger partial charge in [0.1, 0.15) is 0 Å². The summed E-state index contributed by atoms with van der Waals surface area (Å²) in [6.07, 6.45) is 5.59. The summed E-state index contributed by atoms with van der Waals surface area (Å²) < 4.78 is 10.3. The number of nitrogens with zero attached hydrogens (tertiary/aromatic N) is 1. The van der Waals surface area contributed by atoms with E-state index in [2.05, 4.69) is 0 Å². The second kappa shape index (κ2) is 9.71. The van der Waals surface area contributed by atoms with Crippen molar-refractivity contribution < 1.29 is 14.3 Å². The number of carbonyl (C=O) groups is 1. The van der Waals surface area contributed by atoms with Gasteiger partial charge in [0.15, 0.2) is 0 Å². The molecule has 22 heavy (non-hydrogen) atoms. The predicted octanol–water partition coefficient (Wildman–Crippen LogP) is 1.68. The fraction of sp³-hybridized carbons (Fsp3) is 0.938. The van der Waals surface area contributed by atoms with E-state index in [1.807, 2.05) is 4.90 Å². The van der Waals surface area contributed by atoms with Crippen LogP contribution in [0.25, 0.3) is 0 Å². The first-order valence-electron chi connectivity index (χ1n) is 8.19. The molecule has 0 heterocycles. The third-order valence-corrected chi connectivity index (χ3v) is 5.20. The Balaban J connectivity index is 0.00000242. The molecular formula is C16H31ClN2O3. The Morgan fingerprint density at radius 2 is 1.59 bits per heavy atom. The van der Waals surface area contributed by atoms with E-state index >= 15 is 0 Å². The van der Waals surface area contributed by atoms with E-state index < -0.39 is 0 Å². The SMILES string of the molecule is COCCN(CCOC)C(=O)C1CC2CCCC(C1)C2N.Cl. The molecule has 2 bridgehead atoms. The van der Waals surface area contributed by atoms with Crippen LogP contribution in [0, 0.1) is 17.8 Å². The number of nitrogens with two attached hydrogens (primary N) is 1. The number of methoxy groups -OCH3 is 2. The highest BCUT2D eigenvalue weighted by Gasteiger charge is 2.41. The van der Waals surface area contributed by atoms with E-state index in [1.165, 1.54) is 19.3 Å². The third-order valence-electron chi connectivity index (χ3n) is 5.20. The molecule has 1 amide bonds. The first-order valence-corrected chi connectivity index (χ1v) is 8.19. The molecule has 0 saturated heterocycles.